The molecule has 0 aliphatic heterocycles. The lowest BCUT2D eigenvalue weighted by atomic mass is 9.87. The molecule has 0 saturated heterocycles. The molecule has 0 aliphatic rings. The van der Waals surface area contributed by atoms with Crippen LogP contribution in [0.4, 0.5) is 0 Å². The van der Waals surface area contributed by atoms with Crippen LogP contribution in [0.3, 0.4) is 0 Å². The predicted molar refractivity (Wildman–Crippen MR) is 69.5 cm³/mol. The smallest absolute Gasteiger partial charge is 0.0891 e. The highest BCUT2D eigenvalue weighted by Gasteiger charge is 2.24. The second-order valence-electron chi connectivity index (χ2n) is 5.04. The molecule has 0 unspecified atom stereocenters. The highest BCUT2D eigenvalue weighted by molar-refractivity contribution is 5.28. The van der Waals surface area contributed by atoms with E-state index in [4.69, 9.17) is 0 Å². The van der Waals surface area contributed by atoms with Crippen molar-refractivity contribution in [2.75, 3.05) is 0 Å². The minimum Gasteiger partial charge on any atom is -0.385 e. The van der Waals surface area contributed by atoms with Crippen molar-refractivity contribution in [1.82, 2.24) is 0 Å². The predicted octanol–water partition coefficient (Wildman–Crippen LogP) is 3.89. The molecular formula is C15H24O. The van der Waals surface area contributed by atoms with Crippen molar-refractivity contribution in [3.05, 3.63) is 35.4 Å². The molecule has 1 rings (SSSR count). The van der Waals surface area contributed by atoms with Gasteiger partial charge in [0, 0.05) is 0 Å². The minimum atomic E-state index is -0.646. The first-order valence-corrected chi connectivity index (χ1v) is 6.33. The Hall–Kier alpha value is -0.820. The molecule has 0 heterocycles. The Labute approximate surface area is 99.5 Å². The Morgan fingerprint density at radius 2 is 1.81 bits per heavy atom. The first-order valence-electron chi connectivity index (χ1n) is 6.33. The summed E-state index contributed by atoms with van der Waals surface area (Å²) in [7, 11) is 0. The molecule has 90 valence electrons. The average molecular weight is 220 g/mol. The Bertz CT molecular complexity index is 324. The summed E-state index contributed by atoms with van der Waals surface area (Å²) < 4.78 is 0. The van der Waals surface area contributed by atoms with Crippen molar-refractivity contribution in [1.29, 1.82) is 0 Å². The van der Waals surface area contributed by atoms with Crippen LogP contribution < -0.4 is 0 Å². The van der Waals surface area contributed by atoms with Crippen LogP contribution in [0.25, 0.3) is 0 Å². The molecule has 0 aromatic heterocycles. The van der Waals surface area contributed by atoms with Crippen molar-refractivity contribution in [2.45, 2.75) is 52.6 Å². The van der Waals surface area contributed by atoms with E-state index >= 15 is 0 Å². The normalized spacial score (nSPS) is 12.1. The van der Waals surface area contributed by atoms with Crippen LogP contribution in [0.15, 0.2) is 24.3 Å². The van der Waals surface area contributed by atoms with E-state index in [9.17, 15) is 5.11 Å². The van der Waals surface area contributed by atoms with Gasteiger partial charge in [-0.05, 0) is 36.3 Å². The summed E-state index contributed by atoms with van der Waals surface area (Å²) in [4.78, 5) is 0. The first kappa shape index (κ1) is 13.2. The molecule has 0 spiro atoms. The maximum atomic E-state index is 10.5. The van der Waals surface area contributed by atoms with Crippen molar-refractivity contribution in [2.24, 2.45) is 5.92 Å². The van der Waals surface area contributed by atoms with Gasteiger partial charge in [0.05, 0.1) is 5.60 Å². The quantitative estimate of drug-likeness (QED) is 0.798. The van der Waals surface area contributed by atoms with Gasteiger partial charge in [-0.3, -0.25) is 0 Å². The van der Waals surface area contributed by atoms with Crippen molar-refractivity contribution >= 4 is 0 Å². The van der Waals surface area contributed by atoms with Crippen LogP contribution in [0.1, 0.15) is 51.7 Å². The second-order valence-corrected chi connectivity index (χ2v) is 5.04. The lowest BCUT2D eigenvalue weighted by molar-refractivity contribution is 0.0283. The third-order valence-electron chi connectivity index (χ3n) is 3.28. The third kappa shape index (κ3) is 3.08. The summed E-state index contributed by atoms with van der Waals surface area (Å²) >= 11 is 0. The molecule has 16 heavy (non-hydrogen) atoms. The molecule has 0 atom stereocenters. The standard InChI is InChI=1S/C15H24O/c1-5-15(16,6-2)14-9-7-8-13(11-14)10-12(3)4/h7-9,11-12,16H,5-6,10H2,1-4H3. The molecule has 1 nitrogen and oxygen atoms in total. The summed E-state index contributed by atoms with van der Waals surface area (Å²) in [5.41, 5.74) is 1.75. The van der Waals surface area contributed by atoms with Gasteiger partial charge in [0.2, 0.25) is 0 Å². The lowest BCUT2D eigenvalue weighted by Crippen LogP contribution is -2.23. The maximum Gasteiger partial charge on any atom is 0.0891 e. The molecule has 0 bridgehead atoms. The average Bonchev–Trinajstić information content (AvgIpc) is 2.27. The van der Waals surface area contributed by atoms with Crippen LogP contribution in [0, 0.1) is 5.92 Å². The molecule has 0 aliphatic carbocycles. The van der Waals surface area contributed by atoms with Gasteiger partial charge < -0.3 is 5.11 Å². The van der Waals surface area contributed by atoms with Crippen LogP contribution >= 0.6 is 0 Å². The molecule has 0 fully saturated rings. The zero-order valence-electron chi connectivity index (χ0n) is 11.0. The van der Waals surface area contributed by atoms with Crippen molar-refractivity contribution in [3.63, 3.8) is 0 Å². The number of hydrogen-bond donors (Lipinski definition) is 1. The molecule has 0 amide bonds. The number of hydrogen-bond acceptors (Lipinski definition) is 1. The zero-order chi connectivity index (χ0) is 12.2. The summed E-state index contributed by atoms with van der Waals surface area (Å²) in [6.45, 7) is 8.52. The first-order chi connectivity index (χ1) is 7.51. The van der Waals surface area contributed by atoms with E-state index in [2.05, 4.69) is 32.0 Å². The molecule has 1 aromatic rings. The number of benzene rings is 1. The molecule has 1 heteroatoms. The summed E-state index contributed by atoms with van der Waals surface area (Å²) in [5.74, 6) is 0.659. The fraction of sp³-hybridized carbons (Fsp3) is 0.600. The highest BCUT2D eigenvalue weighted by Crippen LogP contribution is 2.29. The highest BCUT2D eigenvalue weighted by atomic mass is 16.3. The molecule has 1 N–H and O–H groups in total. The largest absolute Gasteiger partial charge is 0.385 e. The van der Waals surface area contributed by atoms with E-state index in [1.807, 2.05) is 19.9 Å². The molecule has 0 saturated carbocycles. The Kier molecular flexibility index (Phi) is 4.55. The van der Waals surface area contributed by atoms with Gasteiger partial charge in [0.25, 0.3) is 0 Å². The zero-order valence-corrected chi connectivity index (χ0v) is 11.0. The number of rotatable bonds is 5. The van der Waals surface area contributed by atoms with E-state index in [-0.39, 0.29) is 0 Å². The monoisotopic (exact) mass is 220 g/mol. The fourth-order valence-corrected chi connectivity index (χ4v) is 2.12. The van der Waals surface area contributed by atoms with Gasteiger partial charge in [0.15, 0.2) is 0 Å². The Morgan fingerprint density at radius 3 is 2.31 bits per heavy atom. The maximum absolute atomic E-state index is 10.5. The van der Waals surface area contributed by atoms with Crippen LogP contribution in [0.5, 0.6) is 0 Å². The minimum absolute atomic E-state index is 0.646. The van der Waals surface area contributed by atoms with Gasteiger partial charge in [0.1, 0.15) is 0 Å². The summed E-state index contributed by atoms with van der Waals surface area (Å²) in [6, 6.07) is 8.41. The van der Waals surface area contributed by atoms with Gasteiger partial charge in [-0.2, -0.15) is 0 Å². The topological polar surface area (TPSA) is 20.2 Å². The molecule has 0 radical (unpaired) electrons. The molecule has 1 aromatic carbocycles. The Morgan fingerprint density at radius 1 is 1.19 bits per heavy atom. The fourth-order valence-electron chi connectivity index (χ4n) is 2.12. The van der Waals surface area contributed by atoms with Gasteiger partial charge >= 0.3 is 0 Å². The lowest BCUT2D eigenvalue weighted by Gasteiger charge is -2.26. The van der Waals surface area contributed by atoms with Crippen LogP contribution in [0.2, 0.25) is 0 Å². The summed E-state index contributed by atoms with van der Waals surface area (Å²) in [6.07, 6.45) is 2.63. The van der Waals surface area contributed by atoms with Crippen molar-refractivity contribution < 1.29 is 5.11 Å². The third-order valence-corrected chi connectivity index (χ3v) is 3.28. The van der Waals surface area contributed by atoms with E-state index in [1.54, 1.807) is 0 Å². The van der Waals surface area contributed by atoms with Crippen LogP contribution in [-0.2, 0) is 12.0 Å². The number of aliphatic hydroxyl groups is 1. The van der Waals surface area contributed by atoms with E-state index < -0.39 is 5.60 Å². The van der Waals surface area contributed by atoms with Crippen molar-refractivity contribution in [3.8, 4) is 0 Å². The van der Waals surface area contributed by atoms with Gasteiger partial charge in [-0.25, -0.2) is 0 Å². The van der Waals surface area contributed by atoms with Gasteiger partial charge in [-0.1, -0.05) is 52.0 Å². The SMILES string of the molecule is CCC(O)(CC)c1cccc(CC(C)C)c1. The van der Waals surface area contributed by atoms with Gasteiger partial charge in [-0.15, -0.1) is 0 Å². The van der Waals surface area contributed by atoms with Crippen LogP contribution in [-0.4, -0.2) is 5.11 Å². The molecular weight excluding hydrogens is 196 g/mol. The van der Waals surface area contributed by atoms with E-state index in [0.717, 1.165) is 24.8 Å². The van der Waals surface area contributed by atoms with E-state index in [0.29, 0.717) is 5.92 Å². The Balaban J connectivity index is 2.97. The summed E-state index contributed by atoms with van der Waals surface area (Å²) in [5, 5.41) is 10.5. The van der Waals surface area contributed by atoms with E-state index in [1.165, 1.54) is 5.56 Å². The second kappa shape index (κ2) is 5.49.